The van der Waals surface area contributed by atoms with Crippen LogP contribution in [0.5, 0.6) is 0 Å². The Bertz CT molecular complexity index is 160. The van der Waals surface area contributed by atoms with Gasteiger partial charge in [-0.2, -0.15) is 0 Å². The molecule has 3 N–H and O–H groups in total. The molecule has 0 amide bonds. The van der Waals surface area contributed by atoms with Gasteiger partial charge in [-0.25, -0.2) is 0 Å². The minimum atomic E-state index is -0.686. The third-order valence-electron chi connectivity index (χ3n) is 3.22. The van der Waals surface area contributed by atoms with E-state index < -0.39 is 5.60 Å². The summed E-state index contributed by atoms with van der Waals surface area (Å²) in [6, 6.07) is 0.637. The Morgan fingerprint density at radius 1 is 1.40 bits per heavy atom. The second kappa shape index (κ2) is 7.20. The number of aliphatic hydroxyl groups is 1. The average molecular weight is 216 g/mol. The van der Waals surface area contributed by atoms with Crippen LogP contribution in [0.15, 0.2) is 0 Å². The third-order valence-corrected chi connectivity index (χ3v) is 3.22. The molecule has 0 radical (unpaired) electrons. The largest absolute Gasteiger partial charge is 0.389 e. The van der Waals surface area contributed by atoms with Gasteiger partial charge in [0.25, 0.3) is 0 Å². The molecule has 0 rings (SSSR count). The van der Waals surface area contributed by atoms with E-state index in [1.54, 1.807) is 0 Å². The molecule has 0 aliphatic heterocycles. The van der Waals surface area contributed by atoms with Crippen molar-refractivity contribution in [3.8, 4) is 0 Å². The fourth-order valence-electron chi connectivity index (χ4n) is 1.71. The zero-order valence-corrected chi connectivity index (χ0v) is 10.8. The molecule has 0 saturated heterocycles. The van der Waals surface area contributed by atoms with E-state index in [0.29, 0.717) is 12.6 Å². The van der Waals surface area contributed by atoms with Gasteiger partial charge >= 0.3 is 0 Å². The van der Waals surface area contributed by atoms with E-state index in [9.17, 15) is 5.11 Å². The van der Waals surface area contributed by atoms with E-state index in [2.05, 4.69) is 25.7 Å². The van der Waals surface area contributed by atoms with E-state index in [-0.39, 0.29) is 0 Å². The lowest BCUT2D eigenvalue weighted by Crippen LogP contribution is -2.37. The Morgan fingerprint density at radius 2 is 2.00 bits per heavy atom. The van der Waals surface area contributed by atoms with E-state index >= 15 is 0 Å². The highest BCUT2D eigenvalue weighted by Crippen LogP contribution is 2.12. The summed E-state index contributed by atoms with van der Waals surface area (Å²) in [6.07, 6.45) is 2.99. The number of nitrogens with zero attached hydrogens (tertiary/aromatic N) is 1. The molecule has 0 saturated carbocycles. The van der Waals surface area contributed by atoms with Crippen molar-refractivity contribution in [1.82, 2.24) is 4.90 Å². The quantitative estimate of drug-likeness (QED) is 0.648. The molecule has 3 heteroatoms. The molecule has 0 bridgehead atoms. The van der Waals surface area contributed by atoms with Crippen LogP contribution >= 0.6 is 0 Å². The van der Waals surface area contributed by atoms with Crippen molar-refractivity contribution in [3.05, 3.63) is 0 Å². The molecule has 0 aliphatic rings. The van der Waals surface area contributed by atoms with Crippen molar-refractivity contribution in [1.29, 1.82) is 0 Å². The summed E-state index contributed by atoms with van der Waals surface area (Å²) in [5, 5.41) is 9.76. The first-order chi connectivity index (χ1) is 6.96. The summed E-state index contributed by atoms with van der Waals surface area (Å²) in [7, 11) is 0. The maximum Gasteiger partial charge on any atom is 0.0741 e. The second-order valence-corrected chi connectivity index (χ2v) is 4.69. The molecule has 92 valence electrons. The second-order valence-electron chi connectivity index (χ2n) is 4.69. The average Bonchev–Trinajstić information content (AvgIpc) is 2.23. The van der Waals surface area contributed by atoms with Crippen molar-refractivity contribution >= 4 is 0 Å². The summed E-state index contributed by atoms with van der Waals surface area (Å²) in [4.78, 5) is 2.45. The lowest BCUT2D eigenvalue weighted by Gasteiger charge is -2.28. The third kappa shape index (κ3) is 6.13. The van der Waals surface area contributed by atoms with Crippen molar-refractivity contribution in [3.63, 3.8) is 0 Å². The molecule has 0 aliphatic carbocycles. The van der Waals surface area contributed by atoms with Crippen LogP contribution in [0.4, 0.5) is 0 Å². The summed E-state index contributed by atoms with van der Waals surface area (Å²) in [5.74, 6) is 0. The van der Waals surface area contributed by atoms with Crippen molar-refractivity contribution in [2.45, 2.75) is 58.6 Å². The molecule has 0 aromatic carbocycles. The van der Waals surface area contributed by atoms with Crippen LogP contribution in [0, 0.1) is 0 Å². The van der Waals surface area contributed by atoms with Gasteiger partial charge in [0.2, 0.25) is 0 Å². The van der Waals surface area contributed by atoms with Gasteiger partial charge in [0, 0.05) is 12.6 Å². The van der Waals surface area contributed by atoms with Crippen LogP contribution in [0.2, 0.25) is 0 Å². The molecule has 0 spiro atoms. The molecule has 0 heterocycles. The monoisotopic (exact) mass is 216 g/mol. The first kappa shape index (κ1) is 14.9. The van der Waals surface area contributed by atoms with Gasteiger partial charge in [0.15, 0.2) is 0 Å². The smallest absolute Gasteiger partial charge is 0.0741 e. The normalized spacial score (nSPS) is 17.8. The predicted octanol–water partition coefficient (Wildman–Crippen LogP) is 1.60. The summed E-state index contributed by atoms with van der Waals surface area (Å²) in [6.45, 7) is 11.0. The van der Waals surface area contributed by atoms with E-state index in [1.807, 2.05) is 6.92 Å². The molecular weight excluding hydrogens is 188 g/mol. The lowest BCUT2D eigenvalue weighted by atomic mass is 10.0. The van der Waals surface area contributed by atoms with Crippen LogP contribution in [0.1, 0.15) is 47.0 Å². The van der Waals surface area contributed by atoms with Gasteiger partial charge < -0.3 is 15.7 Å². The zero-order chi connectivity index (χ0) is 11.9. The van der Waals surface area contributed by atoms with Gasteiger partial charge in [-0.3, -0.25) is 0 Å². The first-order valence-corrected chi connectivity index (χ1v) is 6.13. The standard InChI is InChI=1S/C12H28N2O/c1-5-11(3)14(6-2)9-7-8-12(4,15)10-13/h11,15H,5-10,13H2,1-4H3. The highest BCUT2D eigenvalue weighted by molar-refractivity contribution is 4.74. The molecular formula is C12H28N2O. The van der Waals surface area contributed by atoms with E-state index in [1.165, 1.54) is 6.42 Å². The Hall–Kier alpha value is -0.120. The number of hydrogen-bond donors (Lipinski definition) is 2. The van der Waals surface area contributed by atoms with E-state index in [4.69, 9.17) is 5.73 Å². The van der Waals surface area contributed by atoms with Gasteiger partial charge in [-0.05, 0) is 46.2 Å². The van der Waals surface area contributed by atoms with Gasteiger partial charge in [-0.15, -0.1) is 0 Å². The van der Waals surface area contributed by atoms with Crippen molar-refractivity contribution in [2.24, 2.45) is 5.73 Å². The molecule has 0 aromatic heterocycles. The fraction of sp³-hybridized carbons (Fsp3) is 1.00. The van der Waals surface area contributed by atoms with Crippen LogP contribution in [-0.2, 0) is 0 Å². The van der Waals surface area contributed by atoms with Crippen LogP contribution in [0.25, 0.3) is 0 Å². The number of rotatable bonds is 8. The summed E-state index contributed by atoms with van der Waals surface area (Å²) < 4.78 is 0. The Morgan fingerprint density at radius 3 is 2.40 bits per heavy atom. The summed E-state index contributed by atoms with van der Waals surface area (Å²) in [5.41, 5.74) is 4.79. The molecule has 0 fully saturated rings. The number of hydrogen-bond acceptors (Lipinski definition) is 3. The fourth-order valence-corrected chi connectivity index (χ4v) is 1.71. The Labute approximate surface area is 94.6 Å². The number of nitrogens with two attached hydrogens (primary N) is 1. The van der Waals surface area contributed by atoms with Crippen LogP contribution in [-0.4, -0.2) is 41.3 Å². The summed E-state index contributed by atoms with van der Waals surface area (Å²) >= 11 is 0. The minimum absolute atomic E-state index is 0.350. The maximum atomic E-state index is 9.76. The van der Waals surface area contributed by atoms with Crippen molar-refractivity contribution in [2.75, 3.05) is 19.6 Å². The topological polar surface area (TPSA) is 49.5 Å². The Kier molecular flexibility index (Phi) is 7.14. The first-order valence-electron chi connectivity index (χ1n) is 6.13. The maximum absolute atomic E-state index is 9.76. The highest BCUT2D eigenvalue weighted by atomic mass is 16.3. The van der Waals surface area contributed by atoms with Gasteiger partial charge in [0.05, 0.1) is 5.60 Å². The van der Waals surface area contributed by atoms with Crippen LogP contribution in [0.3, 0.4) is 0 Å². The molecule has 2 atom stereocenters. The minimum Gasteiger partial charge on any atom is -0.389 e. The van der Waals surface area contributed by atoms with Gasteiger partial charge in [0.1, 0.15) is 0 Å². The van der Waals surface area contributed by atoms with Crippen molar-refractivity contribution < 1.29 is 5.11 Å². The molecule has 2 unspecified atom stereocenters. The van der Waals surface area contributed by atoms with E-state index in [0.717, 1.165) is 25.9 Å². The Balaban J connectivity index is 3.82. The zero-order valence-electron chi connectivity index (χ0n) is 10.8. The SMILES string of the molecule is CCC(C)N(CC)CCCC(C)(O)CN. The molecule has 3 nitrogen and oxygen atoms in total. The predicted molar refractivity (Wildman–Crippen MR) is 65.9 cm³/mol. The van der Waals surface area contributed by atoms with Gasteiger partial charge in [-0.1, -0.05) is 13.8 Å². The molecule has 15 heavy (non-hydrogen) atoms. The lowest BCUT2D eigenvalue weighted by molar-refractivity contribution is 0.0529. The highest BCUT2D eigenvalue weighted by Gasteiger charge is 2.18. The molecule has 0 aromatic rings. The van der Waals surface area contributed by atoms with Crippen LogP contribution < -0.4 is 5.73 Å².